The van der Waals surface area contributed by atoms with Crippen LogP contribution < -0.4 is 0 Å². The van der Waals surface area contributed by atoms with Crippen LogP contribution in [0.15, 0.2) is 0 Å². The first kappa shape index (κ1) is 23.2. The van der Waals surface area contributed by atoms with Crippen molar-refractivity contribution >= 4 is 19.3 Å². The zero-order valence-corrected chi connectivity index (χ0v) is 18.8. The summed E-state index contributed by atoms with van der Waals surface area (Å²) in [4.78, 5) is 0. The molecule has 1 saturated heterocycles. The fourth-order valence-corrected chi connectivity index (χ4v) is 4.66. The topological polar surface area (TPSA) is 58.7 Å². The van der Waals surface area contributed by atoms with Crippen LogP contribution in [-0.4, -0.2) is 71.1 Å². The molecule has 8 heteroatoms. The fourth-order valence-electron chi connectivity index (χ4n) is 1.90. The maximum absolute atomic E-state index is 5.81. The molecule has 23 heavy (non-hydrogen) atoms. The molecule has 0 aromatic rings. The van der Waals surface area contributed by atoms with Crippen molar-refractivity contribution in [2.24, 2.45) is 0 Å². The van der Waals surface area contributed by atoms with Crippen molar-refractivity contribution in [3.05, 3.63) is 0 Å². The van der Waals surface area contributed by atoms with E-state index >= 15 is 0 Å². The van der Waals surface area contributed by atoms with E-state index in [1.54, 1.807) is 0 Å². The van der Waals surface area contributed by atoms with Gasteiger partial charge in [0.25, 0.3) is 0 Å². The highest BCUT2D eigenvalue weighted by Crippen LogP contribution is 2.21. The molecule has 1 fully saturated rings. The maximum atomic E-state index is 5.81. The van der Waals surface area contributed by atoms with E-state index in [1.165, 1.54) is 0 Å². The second-order valence-corrected chi connectivity index (χ2v) is 8.51. The van der Waals surface area contributed by atoms with Crippen molar-refractivity contribution in [3.63, 3.8) is 0 Å². The molecular weight excluding hydrogens is 332 g/mol. The summed E-state index contributed by atoms with van der Waals surface area (Å²) in [6.45, 7) is 14.3. The lowest BCUT2D eigenvalue weighted by Crippen LogP contribution is -2.46. The molecule has 1 aliphatic heterocycles. The Kier molecular flexibility index (Phi) is 14.7. The average molecular weight is 369 g/mol. The zero-order valence-electron chi connectivity index (χ0n) is 15.8. The molecule has 2 atom stereocenters. The summed E-state index contributed by atoms with van der Waals surface area (Å²) in [5.41, 5.74) is 0. The zero-order chi connectivity index (χ0) is 17.6. The molecule has 1 rings (SSSR count). The Morgan fingerprint density at radius 1 is 1.04 bits per heavy atom. The molecule has 0 N–H and O–H groups in total. The lowest BCUT2D eigenvalue weighted by atomic mass is 10.3. The molecule has 0 radical (unpaired) electrons. The lowest BCUT2D eigenvalue weighted by molar-refractivity contribution is 0.0386. The average Bonchev–Trinajstić information content (AvgIpc) is 3.36. The van der Waals surface area contributed by atoms with Gasteiger partial charge in [0.2, 0.25) is 0 Å². The van der Waals surface area contributed by atoms with Gasteiger partial charge in [-0.2, -0.15) is 0 Å². The van der Waals surface area contributed by atoms with E-state index in [-0.39, 0.29) is 6.10 Å². The number of epoxide rings is 1. The largest absolute Gasteiger partial charge is 0.501 e. The summed E-state index contributed by atoms with van der Waals surface area (Å²) in [7, 11) is -1.62. The SMILES string of the molecule is CCO[SiH3].CCO[Si](CCC(C)OCC1CO1)(OCC)OCC. The predicted octanol–water partition coefficient (Wildman–Crippen LogP) is 1.53. The monoisotopic (exact) mass is 368 g/mol. The van der Waals surface area contributed by atoms with Crippen LogP contribution in [0.2, 0.25) is 6.04 Å². The Balaban J connectivity index is 0.00000108. The molecule has 0 aromatic carbocycles. The van der Waals surface area contributed by atoms with Gasteiger partial charge in [-0.05, 0) is 41.0 Å². The molecule has 1 aliphatic rings. The summed E-state index contributed by atoms with van der Waals surface area (Å²) < 4.78 is 33.0. The lowest BCUT2D eigenvalue weighted by Gasteiger charge is -2.29. The molecule has 0 amide bonds. The molecule has 6 nitrogen and oxygen atoms in total. The second kappa shape index (κ2) is 14.5. The van der Waals surface area contributed by atoms with E-state index in [0.29, 0.717) is 32.5 Å². The van der Waals surface area contributed by atoms with E-state index in [0.717, 1.165) is 36.2 Å². The normalized spacial score (nSPS) is 18.4. The van der Waals surface area contributed by atoms with Crippen LogP contribution in [0.25, 0.3) is 0 Å². The van der Waals surface area contributed by atoms with E-state index in [2.05, 4.69) is 11.3 Å². The van der Waals surface area contributed by atoms with Crippen LogP contribution in [-0.2, 0) is 27.2 Å². The molecule has 2 unspecified atom stereocenters. The van der Waals surface area contributed by atoms with Crippen molar-refractivity contribution in [2.45, 2.75) is 59.3 Å². The predicted molar refractivity (Wildman–Crippen MR) is 96.8 cm³/mol. The number of ether oxygens (including phenoxy) is 2. The fraction of sp³-hybridized carbons (Fsp3) is 1.00. The maximum Gasteiger partial charge on any atom is 0.501 e. The van der Waals surface area contributed by atoms with Gasteiger partial charge in [0.05, 0.1) is 19.3 Å². The first-order valence-electron chi connectivity index (χ1n) is 8.71. The highest BCUT2D eigenvalue weighted by Gasteiger charge is 2.40. The van der Waals surface area contributed by atoms with Gasteiger partial charge in [-0.25, -0.2) is 0 Å². The first-order chi connectivity index (χ1) is 11.1. The molecular formula is C15H36O6Si2. The summed E-state index contributed by atoms with van der Waals surface area (Å²) in [5.74, 6) is 0. The minimum Gasteiger partial charge on any atom is -0.428 e. The van der Waals surface area contributed by atoms with Crippen LogP contribution in [0.4, 0.5) is 0 Å². The number of hydrogen-bond donors (Lipinski definition) is 0. The number of hydrogen-bond acceptors (Lipinski definition) is 6. The van der Waals surface area contributed by atoms with Crippen LogP contribution in [0.5, 0.6) is 0 Å². The third-order valence-corrected chi connectivity index (χ3v) is 6.87. The van der Waals surface area contributed by atoms with Crippen molar-refractivity contribution in [1.29, 1.82) is 0 Å². The van der Waals surface area contributed by atoms with E-state index in [1.807, 2.05) is 27.7 Å². The molecule has 0 spiro atoms. The van der Waals surface area contributed by atoms with Gasteiger partial charge in [0.15, 0.2) is 0 Å². The summed E-state index contributed by atoms with van der Waals surface area (Å²) in [6, 6.07) is 0.801. The van der Waals surface area contributed by atoms with Gasteiger partial charge >= 0.3 is 8.80 Å². The van der Waals surface area contributed by atoms with Crippen LogP contribution >= 0.6 is 0 Å². The van der Waals surface area contributed by atoms with Crippen LogP contribution in [0.3, 0.4) is 0 Å². The Morgan fingerprint density at radius 3 is 1.87 bits per heavy atom. The first-order valence-corrected chi connectivity index (χ1v) is 11.5. The molecule has 140 valence electrons. The van der Waals surface area contributed by atoms with Crippen molar-refractivity contribution < 1.29 is 27.2 Å². The van der Waals surface area contributed by atoms with Gasteiger partial charge in [-0.1, -0.05) is 0 Å². The van der Waals surface area contributed by atoms with Crippen molar-refractivity contribution in [3.8, 4) is 0 Å². The van der Waals surface area contributed by atoms with Gasteiger partial charge in [0, 0.05) is 32.5 Å². The Bertz CT molecular complexity index is 247. The standard InChI is InChI=1S/C13H28O5Si.C2H8OSi/c1-5-16-19(17-6-2,18-7-3)9-8-12(4)14-10-13-11-15-13;1-2-3-4/h12-13H,5-11H2,1-4H3;2H2,1,4H3. The summed E-state index contributed by atoms with van der Waals surface area (Å²) in [6.07, 6.45) is 1.38. The van der Waals surface area contributed by atoms with Crippen LogP contribution in [0, 0.1) is 0 Å². The minimum absolute atomic E-state index is 0.178. The molecule has 0 bridgehead atoms. The minimum atomic E-state index is -2.51. The Hall–Kier alpha value is 0.194. The molecule has 0 aliphatic carbocycles. The van der Waals surface area contributed by atoms with Gasteiger partial charge in [0.1, 0.15) is 16.6 Å². The quantitative estimate of drug-likeness (QED) is 0.363. The second-order valence-electron chi connectivity index (χ2n) is 5.20. The smallest absolute Gasteiger partial charge is 0.428 e. The summed E-state index contributed by atoms with van der Waals surface area (Å²) in [5, 5.41) is 0. The molecule has 0 saturated carbocycles. The Morgan fingerprint density at radius 2 is 1.52 bits per heavy atom. The third kappa shape index (κ3) is 12.2. The molecule has 1 heterocycles. The van der Waals surface area contributed by atoms with Crippen molar-refractivity contribution in [1.82, 2.24) is 0 Å². The third-order valence-electron chi connectivity index (χ3n) is 3.21. The van der Waals surface area contributed by atoms with E-state index in [9.17, 15) is 0 Å². The van der Waals surface area contributed by atoms with Gasteiger partial charge in [-0.3, -0.25) is 0 Å². The van der Waals surface area contributed by atoms with Crippen molar-refractivity contribution in [2.75, 3.05) is 39.6 Å². The van der Waals surface area contributed by atoms with Gasteiger partial charge in [-0.15, -0.1) is 0 Å². The van der Waals surface area contributed by atoms with Gasteiger partial charge < -0.3 is 27.2 Å². The highest BCUT2D eigenvalue weighted by atomic mass is 28.4. The highest BCUT2D eigenvalue weighted by molar-refractivity contribution is 6.60. The summed E-state index contributed by atoms with van der Waals surface area (Å²) >= 11 is 0. The van der Waals surface area contributed by atoms with E-state index < -0.39 is 8.80 Å². The number of rotatable bonds is 13. The molecule has 0 aromatic heterocycles. The van der Waals surface area contributed by atoms with E-state index in [4.69, 9.17) is 22.8 Å². The van der Waals surface area contributed by atoms with Crippen LogP contribution in [0.1, 0.15) is 41.0 Å². The Labute approximate surface area is 146 Å².